The molecule has 0 atom stereocenters. The molecule has 1 aromatic carbocycles. The van der Waals surface area contributed by atoms with Crippen LogP contribution < -0.4 is 5.73 Å². The van der Waals surface area contributed by atoms with Gasteiger partial charge in [0.1, 0.15) is 5.82 Å². The van der Waals surface area contributed by atoms with Crippen LogP contribution in [-0.4, -0.2) is 21.0 Å². The Morgan fingerprint density at radius 2 is 1.86 bits per heavy atom. The molecule has 0 fully saturated rings. The zero-order valence-electron chi connectivity index (χ0n) is 11.1. The third-order valence-electron chi connectivity index (χ3n) is 3.20. The molecular weight excluding hydrogens is 266 g/mol. The predicted octanol–water partition coefficient (Wildman–Crippen LogP) is 3.02. The number of hydrogen-bond donors (Lipinski definition) is 3. The fourth-order valence-corrected chi connectivity index (χ4v) is 2.23. The van der Waals surface area contributed by atoms with E-state index in [9.17, 15) is 9.90 Å². The van der Waals surface area contributed by atoms with Gasteiger partial charge >= 0.3 is 5.97 Å². The Labute approximate surface area is 121 Å². The van der Waals surface area contributed by atoms with E-state index < -0.39 is 5.97 Å². The maximum absolute atomic E-state index is 11.4. The number of rotatable bonds is 3. The van der Waals surface area contributed by atoms with Gasteiger partial charge in [-0.1, -0.05) is 30.3 Å². The van der Waals surface area contributed by atoms with Crippen LogP contribution in [0.1, 0.15) is 10.4 Å². The molecular formula is C16H13N3O2. The molecule has 2 aromatic heterocycles. The monoisotopic (exact) mass is 279 g/mol. The lowest BCUT2D eigenvalue weighted by atomic mass is 10.1. The number of aromatic amines is 1. The van der Waals surface area contributed by atoms with Crippen LogP contribution in [0.15, 0.2) is 54.7 Å². The Bertz CT molecular complexity index is 794. The normalized spacial score (nSPS) is 10.5. The highest BCUT2D eigenvalue weighted by Crippen LogP contribution is 2.29. The van der Waals surface area contributed by atoms with Crippen LogP contribution >= 0.6 is 0 Å². The van der Waals surface area contributed by atoms with Gasteiger partial charge in [0.15, 0.2) is 0 Å². The van der Waals surface area contributed by atoms with E-state index in [2.05, 4.69) is 9.97 Å². The lowest BCUT2D eigenvalue weighted by Gasteiger charge is -2.01. The third-order valence-corrected chi connectivity index (χ3v) is 3.20. The van der Waals surface area contributed by atoms with Gasteiger partial charge in [0.05, 0.1) is 11.3 Å². The highest BCUT2D eigenvalue weighted by atomic mass is 16.4. The molecule has 0 aliphatic rings. The first-order valence-corrected chi connectivity index (χ1v) is 6.39. The summed E-state index contributed by atoms with van der Waals surface area (Å²) in [6.45, 7) is 0. The summed E-state index contributed by atoms with van der Waals surface area (Å²) in [4.78, 5) is 18.5. The van der Waals surface area contributed by atoms with Crippen LogP contribution in [-0.2, 0) is 0 Å². The van der Waals surface area contributed by atoms with Crippen molar-refractivity contribution < 1.29 is 9.90 Å². The predicted molar refractivity (Wildman–Crippen MR) is 80.8 cm³/mol. The molecule has 5 nitrogen and oxygen atoms in total. The van der Waals surface area contributed by atoms with Crippen molar-refractivity contribution >= 4 is 11.8 Å². The molecule has 21 heavy (non-hydrogen) atoms. The fraction of sp³-hybridized carbons (Fsp3) is 0. The molecule has 3 rings (SSSR count). The zero-order valence-corrected chi connectivity index (χ0v) is 11.1. The summed E-state index contributed by atoms with van der Waals surface area (Å²) >= 11 is 0. The lowest BCUT2D eigenvalue weighted by Crippen LogP contribution is -1.96. The number of anilines is 1. The summed E-state index contributed by atoms with van der Waals surface area (Å²) < 4.78 is 0. The van der Waals surface area contributed by atoms with E-state index in [0.29, 0.717) is 17.2 Å². The number of benzene rings is 1. The number of nitrogens with zero attached hydrogens (tertiary/aromatic N) is 1. The van der Waals surface area contributed by atoms with E-state index in [4.69, 9.17) is 5.73 Å². The number of aromatic nitrogens is 2. The summed E-state index contributed by atoms with van der Waals surface area (Å²) in [6, 6.07) is 14.4. The van der Waals surface area contributed by atoms with Crippen molar-refractivity contribution in [2.45, 2.75) is 0 Å². The molecule has 0 bridgehead atoms. The number of pyridine rings is 1. The average Bonchev–Trinajstić information content (AvgIpc) is 2.93. The van der Waals surface area contributed by atoms with Crippen LogP contribution in [0.25, 0.3) is 22.5 Å². The van der Waals surface area contributed by atoms with E-state index >= 15 is 0 Å². The van der Waals surface area contributed by atoms with Gasteiger partial charge in [0.2, 0.25) is 0 Å². The Kier molecular flexibility index (Phi) is 3.16. The van der Waals surface area contributed by atoms with Crippen molar-refractivity contribution in [3.05, 3.63) is 60.3 Å². The van der Waals surface area contributed by atoms with Crippen LogP contribution in [0.4, 0.5) is 5.82 Å². The number of nitrogens with two attached hydrogens (primary N) is 1. The lowest BCUT2D eigenvalue weighted by molar-refractivity contribution is 0.0698. The second-order valence-electron chi connectivity index (χ2n) is 4.61. The van der Waals surface area contributed by atoms with Crippen LogP contribution in [0.2, 0.25) is 0 Å². The van der Waals surface area contributed by atoms with Gasteiger partial charge in [0.25, 0.3) is 0 Å². The molecule has 0 spiro atoms. The molecule has 0 saturated heterocycles. The molecule has 0 aliphatic heterocycles. The topological polar surface area (TPSA) is 92.0 Å². The second-order valence-corrected chi connectivity index (χ2v) is 4.61. The van der Waals surface area contributed by atoms with E-state index in [-0.39, 0.29) is 5.56 Å². The first-order chi connectivity index (χ1) is 10.1. The van der Waals surface area contributed by atoms with Crippen molar-refractivity contribution in [3.63, 3.8) is 0 Å². The van der Waals surface area contributed by atoms with Gasteiger partial charge in [-0.3, -0.25) is 0 Å². The van der Waals surface area contributed by atoms with Gasteiger partial charge in [-0.2, -0.15) is 0 Å². The molecule has 3 aromatic rings. The number of carboxylic acids is 1. The molecule has 2 heterocycles. The Morgan fingerprint density at radius 1 is 1.10 bits per heavy atom. The highest BCUT2D eigenvalue weighted by molar-refractivity contribution is 5.97. The molecule has 0 saturated carbocycles. The number of hydrogen-bond acceptors (Lipinski definition) is 3. The van der Waals surface area contributed by atoms with Gasteiger partial charge < -0.3 is 15.8 Å². The van der Waals surface area contributed by atoms with Crippen LogP contribution in [0.3, 0.4) is 0 Å². The minimum Gasteiger partial charge on any atom is -0.478 e. The number of H-pyrrole nitrogens is 1. The highest BCUT2D eigenvalue weighted by Gasteiger charge is 2.16. The van der Waals surface area contributed by atoms with Crippen molar-refractivity contribution in [3.8, 4) is 22.5 Å². The molecule has 5 heteroatoms. The summed E-state index contributed by atoms with van der Waals surface area (Å²) in [5, 5.41) is 9.38. The van der Waals surface area contributed by atoms with Gasteiger partial charge in [-0.15, -0.1) is 0 Å². The van der Waals surface area contributed by atoms with E-state index in [1.165, 1.54) is 0 Å². The molecule has 0 amide bonds. The Morgan fingerprint density at radius 3 is 2.52 bits per heavy atom. The zero-order chi connectivity index (χ0) is 14.8. The molecule has 104 valence electrons. The Balaban J connectivity index is 2.15. The van der Waals surface area contributed by atoms with Gasteiger partial charge in [-0.25, -0.2) is 9.78 Å². The fourth-order valence-electron chi connectivity index (χ4n) is 2.23. The minimum absolute atomic E-state index is 0.228. The molecule has 0 aliphatic carbocycles. The van der Waals surface area contributed by atoms with E-state index in [1.54, 1.807) is 24.4 Å². The number of carbonyl (C=O) groups is 1. The second kappa shape index (κ2) is 5.13. The van der Waals surface area contributed by atoms with Crippen LogP contribution in [0.5, 0.6) is 0 Å². The SMILES string of the molecule is Nc1cc(-c2cc(C(=O)O)c(-c3ccccc3)[nH]2)ccn1. The minimum atomic E-state index is -0.974. The summed E-state index contributed by atoms with van der Waals surface area (Å²) in [6.07, 6.45) is 1.59. The van der Waals surface area contributed by atoms with Crippen molar-refractivity contribution in [2.75, 3.05) is 5.73 Å². The molecule has 4 N–H and O–H groups in total. The van der Waals surface area contributed by atoms with Crippen molar-refractivity contribution in [1.29, 1.82) is 0 Å². The average molecular weight is 279 g/mol. The summed E-state index contributed by atoms with van der Waals surface area (Å²) in [7, 11) is 0. The van der Waals surface area contributed by atoms with Crippen LogP contribution in [0, 0.1) is 0 Å². The first kappa shape index (κ1) is 12.9. The molecule has 0 unspecified atom stereocenters. The summed E-state index contributed by atoms with van der Waals surface area (Å²) in [5.74, 6) is -0.585. The third kappa shape index (κ3) is 2.49. The number of nitrogen functional groups attached to an aromatic ring is 1. The first-order valence-electron chi connectivity index (χ1n) is 6.39. The van der Waals surface area contributed by atoms with Gasteiger partial charge in [0, 0.05) is 17.5 Å². The number of carboxylic acid groups (broad SMARTS) is 1. The quantitative estimate of drug-likeness (QED) is 0.687. The smallest absolute Gasteiger partial charge is 0.337 e. The van der Waals surface area contributed by atoms with E-state index in [0.717, 1.165) is 11.1 Å². The summed E-state index contributed by atoms with van der Waals surface area (Å²) in [5.41, 5.74) is 8.79. The van der Waals surface area contributed by atoms with Gasteiger partial charge in [-0.05, 0) is 23.8 Å². The maximum atomic E-state index is 11.4. The van der Waals surface area contributed by atoms with Crippen molar-refractivity contribution in [2.24, 2.45) is 0 Å². The standard InChI is InChI=1S/C16H13N3O2/c17-14-8-11(6-7-18-14)13-9-12(16(20)21)15(19-13)10-4-2-1-3-5-10/h1-9,19H,(H2,17,18)(H,20,21). The Hall–Kier alpha value is -3.08. The largest absolute Gasteiger partial charge is 0.478 e. The van der Waals surface area contributed by atoms with Crippen molar-refractivity contribution in [1.82, 2.24) is 9.97 Å². The molecule has 0 radical (unpaired) electrons. The van der Waals surface area contributed by atoms with E-state index in [1.807, 2.05) is 30.3 Å². The number of aromatic carboxylic acids is 1. The maximum Gasteiger partial charge on any atom is 0.337 e. The number of nitrogens with one attached hydrogen (secondary N) is 1.